The second kappa shape index (κ2) is 11.3. The Bertz CT molecular complexity index is 1060. The Labute approximate surface area is 193 Å². The molecule has 0 atom stereocenters. The Hall–Kier alpha value is -2.68. The van der Waals surface area contributed by atoms with E-state index in [9.17, 15) is 18.0 Å². The maximum absolute atomic E-state index is 12.8. The first kappa shape index (κ1) is 24.0. The maximum atomic E-state index is 12.8. The van der Waals surface area contributed by atoms with Crippen LogP contribution in [0.1, 0.15) is 31.2 Å². The molecule has 1 aliphatic heterocycles. The largest absolute Gasteiger partial charge is 0.452 e. The summed E-state index contributed by atoms with van der Waals surface area (Å²) in [5.74, 6) is -1.16. The molecule has 1 amide bonds. The first-order valence-corrected chi connectivity index (χ1v) is 12.2. The van der Waals surface area contributed by atoms with Crippen LogP contribution >= 0.6 is 11.6 Å². The quantitative estimate of drug-likeness (QED) is 0.479. The van der Waals surface area contributed by atoms with E-state index in [0.717, 1.165) is 25.7 Å². The molecule has 3 rings (SSSR count). The van der Waals surface area contributed by atoms with Crippen molar-refractivity contribution in [1.82, 2.24) is 4.31 Å². The van der Waals surface area contributed by atoms with Crippen molar-refractivity contribution in [2.24, 2.45) is 0 Å². The van der Waals surface area contributed by atoms with Crippen molar-refractivity contribution in [3.63, 3.8) is 0 Å². The molecular weight excluding hydrogens is 452 g/mol. The van der Waals surface area contributed by atoms with Crippen LogP contribution in [0.15, 0.2) is 59.5 Å². The van der Waals surface area contributed by atoms with E-state index in [1.807, 2.05) is 0 Å². The van der Waals surface area contributed by atoms with Gasteiger partial charge in [-0.25, -0.2) is 13.2 Å². The minimum Gasteiger partial charge on any atom is -0.452 e. The first-order valence-electron chi connectivity index (χ1n) is 10.3. The molecule has 7 nitrogen and oxygen atoms in total. The van der Waals surface area contributed by atoms with Crippen molar-refractivity contribution >= 4 is 45.3 Å². The number of sulfonamides is 1. The van der Waals surface area contributed by atoms with Gasteiger partial charge in [0.2, 0.25) is 10.0 Å². The van der Waals surface area contributed by atoms with Crippen LogP contribution in [-0.2, 0) is 24.3 Å². The number of amides is 1. The molecular formula is C23H25ClN2O5S. The van der Waals surface area contributed by atoms with Gasteiger partial charge in [-0.1, -0.05) is 36.6 Å². The third kappa shape index (κ3) is 6.91. The minimum atomic E-state index is -3.51. The van der Waals surface area contributed by atoms with Gasteiger partial charge in [-0.3, -0.25) is 4.79 Å². The maximum Gasteiger partial charge on any atom is 0.331 e. The molecule has 170 valence electrons. The zero-order valence-corrected chi connectivity index (χ0v) is 19.1. The van der Waals surface area contributed by atoms with E-state index < -0.39 is 28.5 Å². The van der Waals surface area contributed by atoms with Gasteiger partial charge in [-0.05, 0) is 60.9 Å². The van der Waals surface area contributed by atoms with Crippen LogP contribution in [0.2, 0.25) is 5.02 Å². The third-order valence-corrected chi connectivity index (χ3v) is 7.13. The van der Waals surface area contributed by atoms with Gasteiger partial charge in [-0.15, -0.1) is 0 Å². The van der Waals surface area contributed by atoms with Gasteiger partial charge in [-0.2, -0.15) is 4.31 Å². The molecule has 2 aromatic carbocycles. The predicted octanol–water partition coefficient (Wildman–Crippen LogP) is 4.10. The molecule has 0 saturated carbocycles. The molecule has 0 spiro atoms. The summed E-state index contributed by atoms with van der Waals surface area (Å²) in [6.07, 6.45) is 6.54. The van der Waals surface area contributed by atoms with Crippen LogP contribution in [0, 0.1) is 0 Å². The predicted molar refractivity (Wildman–Crippen MR) is 124 cm³/mol. The molecule has 1 N–H and O–H groups in total. The van der Waals surface area contributed by atoms with Gasteiger partial charge in [0.15, 0.2) is 6.61 Å². The number of halogens is 1. The molecule has 9 heteroatoms. The van der Waals surface area contributed by atoms with Crippen LogP contribution in [0.3, 0.4) is 0 Å². The highest BCUT2D eigenvalue weighted by molar-refractivity contribution is 7.89. The van der Waals surface area contributed by atoms with E-state index in [1.165, 1.54) is 28.6 Å². The topological polar surface area (TPSA) is 92.8 Å². The number of nitrogens with one attached hydrogen (secondary N) is 1. The van der Waals surface area contributed by atoms with Crippen LogP contribution in [0.4, 0.5) is 5.69 Å². The molecule has 1 heterocycles. The second-order valence-electron chi connectivity index (χ2n) is 7.38. The molecule has 1 aliphatic rings. The number of rotatable bonds is 7. The van der Waals surface area contributed by atoms with Gasteiger partial charge < -0.3 is 10.1 Å². The second-order valence-corrected chi connectivity index (χ2v) is 9.76. The first-order chi connectivity index (χ1) is 15.3. The minimum absolute atomic E-state index is 0.234. The fourth-order valence-electron chi connectivity index (χ4n) is 3.26. The number of nitrogens with zero attached hydrogens (tertiary/aromatic N) is 1. The Morgan fingerprint density at radius 2 is 1.59 bits per heavy atom. The smallest absolute Gasteiger partial charge is 0.331 e. The zero-order chi connectivity index (χ0) is 23.0. The Kier molecular flexibility index (Phi) is 8.44. The number of ether oxygens (including phenoxy) is 1. The molecule has 0 aliphatic carbocycles. The SMILES string of the molecule is O=C(COC(=O)/C=C/c1ccc(S(=O)(=O)N2CCCCCC2)cc1)Nc1ccc(Cl)cc1. The van der Waals surface area contributed by atoms with Crippen LogP contribution in [0.5, 0.6) is 0 Å². The fraction of sp³-hybridized carbons (Fsp3) is 0.304. The third-order valence-electron chi connectivity index (χ3n) is 4.97. The summed E-state index contributed by atoms with van der Waals surface area (Å²) in [6.45, 7) is 0.654. The van der Waals surface area contributed by atoms with Crippen molar-refractivity contribution in [3.05, 3.63) is 65.2 Å². The van der Waals surface area contributed by atoms with E-state index in [4.69, 9.17) is 16.3 Å². The molecule has 2 aromatic rings. The number of hydrogen-bond acceptors (Lipinski definition) is 5. The number of esters is 1. The van der Waals surface area contributed by atoms with Gasteiger partial charge in [0.25, 0.3) is 5.91 Å². The van der Waals surface area contributed by atoms with Crippen molar-refractivity contribution < 1.29 is 22.7 Å². The lowest BCUT2D eigenvalue weighted by atomic mass is 10.2. The Balaban J connectivity index is 1.50. The summed E-state index contributed by atoms with van der Waals surface area (Å²) in [4.78, 5) is 24.0. The van der Waals surface area contributed by atoms with E-state index in [1.54, 1.807) is 36.4 Å². The monoisotopic (exact) mass is 476 g/mol. The average molecular weight is 477 g/mol. The van der Waals surface area contributed by atoms with Crippen molar-refractivity contribution in [2.75, 3.05) is 25.0 Å². The molecule has 0 radical (unpaired) electrons. The fourth-order valence-corrected chi connectivity index (χ4v) is 4.90. The molecule has 0 bridgehead atoms. The molecule has 0 aromatic heterocycles. The molecule has 1 fully saturated rings. The van der Waals surface area contributed by atoms with E-state index in [-0.39, 0.29) is 4.90 Å². The molecule has 1 saturated heterocycles. The lowest BCUT2D eigenvalue weighted by molar-refractivity contribution is -0.142. The number of carbonyl (C=O) groups is 2. The van der Waals surface area contributed by atoms with Gasteiger partial charge in [0.1, 0.15) is 0 Å². The van der Waals surface area contributed by atoms with Crippen molar-refractivity contribution in [1.29, 1.82) is 0 Å². The van der Waals surface area contributed by atoms with Gasteiger partial charge >= 0.3 is 5.97 Å². The van der Waals surface area contributed by atoms with E-state index in [0.29, 0.717) is 29.4 Å². The summed E-state index contributed by atoms with van der Waals surface area (Å²) in [7, 11) is -3.51. The summed E-state index contributed by atoms with van der Waals surface area (Å²) in [5.41, 5.74) is 1.18. The van der Waals surface area contributed by atoms with Crippen LogP contribution < -0.4 is 5.32 Å². The summed E-state index contributed by atoms with van der Waals surface area (Å²) in [5, 5.41) is 3.14. The number of anilines is 1. The van der Waals surface area contributed by atoms with E-state index in [2.05, 4.69) is 5.32 Å². The number of hydrogen-bond donors (Lipinski definition) is 1. The van der Waals surface area contributed by atoms with Crippen molar-refractivity contribution in [3.8, 4) is 0 Å². The summed E-state index contributed by atoms with van der Waals surface area (Å²) >= 11 is 5.79. The van der Waals surface area contributed by atoms with Crippen LogP contribution in [0.25, 0.3) is 6.08 Å². The lowest BCUT2D eigenvalue weighted by Crippen LogP contribution is -2.31. The van der Waals surface area contributed by atoms with Crippen molar-refractivity contribution in [2.45, 2.75) is 30.6 Å². The summed E-state index contributed by atoms with van der Waals surface area (Å²) in [6, 6.07) is 12.9. The zero-order valence-electron chi connectivity index (χ0n) is 17.5. The Morgan fingerprint density at radius 1 is 0.969 bits per heavy atom. The van der Waals surface area contributed by atoms with Crippen LogP contribution in [-0.4, -0.2) is 44.3 Å². The highest BCUT2D eigenvalue weighted by Gasteiger charge is 2.24. The summed E-state index contributed by atoms with van der Waals surface area (Å²) < 4.78 is 32.1. The molecule has 0 unspecified atom stereocenters. The average Bonchev–Trinajstić information content (AvgIpc) is 3.08. The lowest BCUT2D eigenvalue weighted by Gasteiger charge is -2.19. The highest BCUT2D eigenvalue weighted by Crippen LogP contribution is 2.21. The number of benzene rings is 2. The molecule has 32 heavy (non-hydrogen) atoms. The van der Waals surface area contributed by atoms with Gasteiger partial charge in [0, 0.05) is 29.9 Å². The highest BCUT2D eigenvalue weighted by atomic mass is 35.5. The number of carbonyl (C=O) groups excluding carboxylic acids is 2. The normalized spacial score (nSPS) is 15.3. The standard InChI is InChI=1S/C23H25ClN2O5S/c24-19-8-10-20(11-9-19)25-22(27)17-31-23(28)14-7-18-5-12-21(13-6-18)32(29,30)26-15-3-1-2-4-16-26/h5-14H,1-4,15-17H2,(H,25,27)/b14-7+. The Morgan fingerprint density at radius 3 is 2.22 bits per heavy atom. The van der Waals surface area contributed by atoms with E-state index >= 15 is 0 Å². The van der Waals surface area contributed by atoms with Gasteiger partial charge in [0.05, 0.1) is 4.90 Å².